The van der Waals surface area contributed by atoms with Crippen LogP contribution in [0.3, 0.4) is 0 Å². The molecule has 2 heterocycles. The van der Waals surface area contributed by atoms with E-state index in [-0.39, 0.29) is 11.3 Å². The van der Waals surface area contributed by atoms with Crippen molar-refractivity contribution in [1.29, 1.82) is 0 Å². The number of para-hydroxylation sites is 1. The minimum absolute atomic E-state index is 0.0202. The fourth-order valence-electron chi connectivity index (χ4n) is 5.00. The van der Waals surface area contributed by atoms with Gasteiger partial charge in [-0.25, -0.2) is 0 Å². The summed E-state index contributed by atoms with van der Waals surface area (Å²) in [4.78, 5) is 28.7. The Bertz CT molecular complexity index is 1600. The second-order valence-corrected chi connectivity index (χ2v) is 9.22. The number of methoxy groups -OCH3 is 2. The summed E-state index contributed by atoms with van der Waals surface area (Å²) in [6, 6.07) is 17.5. The second-order valence-electron chi connectivity index (χ2n) is 9.22. The number of Topliss-reactive ketones (excluding diaryl/α,β-unsaturated/α-hetero) is 1. The summed E-state index contributed by atoms with van der Waals surface area (Å²) in [5, 5.41) is 12.4. The van der Waals surface area contributed by atoms with Crippen LogP contribution in [-0.2, 0) is 16.6 Å². The van der Waals surface area contributed by atoms with Crippen LogP contribution in [0.25, 0.3) is 16.7 Å². The molecule has 1 fully saturated rings. The third kappa shape index (κ3) is 3.83. The van der Waals surface area contributed by atoms with E-state index in [0.717, 1.165) is 27.6 Å². The highest BCUT2D eigenvalue weighted by Crippen LogP contribution is 2.45. The van der Waals surface area contributed by atoms with Gasteiger partial charge in [0.1, 0.15) is 5.76 Å². The van der Waals surface area contributed by atoms with Gasteiger partial charge in [0, 0.05) is 41.0 Å². The van der Waals surface area contributed by atoms with E-state index in [1.165, 1.54) is 19.1 Å². The highest BCUT2D eigenvalue weighted by atomic mass is 16.5. The summed E-state index contributed by atoms with van der Waals surface area (Å²) in [6.07, 6.45) is 1.91. The van der Waals surface area contributed by atoms with E-state index in [2.05, 4.69) is 0 Å². The number of ketones is 1. The summed E-state index contributed by atoms with van der Waals surface area (Å²) >= 11 is 0. The Morgan fingerprint density at radius 1 is 0.892 bits per heavy atom. The van der Waals surface area contributed by atoms with Gasteiger partial charge in [-0.3, -0.25) is 14.5 Å². The van der Waals surface area contributed by atoms with Crippen molar-refractivity contribution in [2.24, 2.45) is 7.05 Å². The van der Waals surface area contributed by atoms with Crippen molar-refractivity contribution < 1.29 is 24.2 Å². The molecule has 0 spiro atoms. The molecule has 7 nitrogen and oxygen atoms in total. The van der Waals surface area contributed by atoms with Crippen molar-refractivity contribution >= 4 is 34.0 Å². The number of hydrogen-bond acceptors (Lipinski definition) is 5. The van der Waals surface area contributed by atoms with Crippen LogP contribution in [0.5, 0.6) is 11.5 Å². The molecule has 1 aliphatic rings. The van der Waals surface area contributed by atoms with E-state index in [1.54, 1.807) is 18.2 Å². The molecule has 37 heavy (non-hydrogen) atoms. The van der Waals surface area contributed by atoms with Crippen LogP contribution in [0.2, 0.25) is 0 Å². The summed E-state index contributed by atoms with van der Waals surface area (Å²) in [5.41, 5.74) is 4.73. The van der Waals surface area contributed by atoms with Gasteiger partial charge in [-0.15, -0.1) is 0 Å². The molecule has 0 radical (unpaired) electrons. The van der Waals surface area contributed by atoms with Crippen LogP contribution in [0.1, 0.15) is 28.3 Å². The molecule has 1 N–H and O–H groups in total. The number of hydrogen-bond donors (Lipinski definition) is 1. The lowest BCUT2D eigenvalue weighted by Gasteiger charge is -2.25. The molecule has 3 aromatic carbocycles. The van der Waals surface area contributed by atoms with E-state index < -0.39 is 17.7 Å². The first-order valence-electron chi connectivity index (χ1n) is 11.9. The average Bonchev–Trinajstić information content (AvgIpc) is 3.38. The smallest absolute Gasteiger partial charge is 0.300 e. The highest BCUT2D eigenvalue weighted by Gasteiger charge is 2.48. The molecule has 0 saturated carbocycles. The van der Waals surface area contributed by atoms with Gasteiger partial charge in [0.15, 0.2) is 11.5 Å². The lowest BCUT2D eigenvalue weighted by molar-refractivity contribution is -0.132. The predicted molar refractivity (Wildman–Crippen MR) is 143 cm³/mol. The molecular formula is C30H28N2O5. The van der Waals surface area contributed by atoms with Gasteiger partial charge in [-0.2, -0.15) is 0 Å². The third-order valence-electron chi connectivity index (χ3n) is 7.09. The Morgan fingerprint density at radius 3 is 2.32 bits per heavy atom. The van der Waals surface area contributed by atoms with Crippen molar-refractivity contribution in [3.05, 3.63) is 94.7 Å². The number of ether oxygens (including phenoxy) is 2. The van der Waals surface area contributed by atoms with Crippen molar-refractivity contribution in [3.63, 3.8) is 0 Å². The third-order valence-corrected chi connectivity index (χ3v) is 7.09. The molecule has 1 amide bonds. The molecule has 7 heteroatoms. The van der Waals surface area contributed by atoms with Gasteiger partial charge < -0.3 is 19.1 Å². The maximum absolute atomic E-state index is 13.6. The maximum atomic E-state index is 13.6. The molecule has 1 unspecified atom stereocenters. The van der Waals surface area contributed by atoms with E-state index in [9.17, 15) is 14.7 Å². The normalized spacial score (nSPS) is 17.0. The number of carbonyl (C=O) groups is 2. The molecular weight excluding hydrogens is 468 g/mol. The number of aliphatic hydroxyl groups excluding tert-OH is 1. The Morgan fingerprint density at radius 2 is 1.62 bits per heavy atom. The van der Waals surface area contributed by atoms with Gasteiger partial charge in [-0.1, -0.05) is 24.3 Å². The molecule has 1 saturated heterocycles. The first-order valence-corrected chi connectivity index (χ1v) is 11.9. The molecule has 188 valence electrons. The van der Waals surface area contributed by atoms with E-state index in [4.69, 9.17) is 9.47 Å². The van der Waals surface area contributed by atoms with Crippen LogP contribution in [0.15, 0.2) is 72.4 Å². The van der Waals surface area contributed by atoms with Gasteiger partial charge in [0.25, 0.3) is 11.7 Å². The van der Waals surface area contributed by atoms with Gasteiger partial charge >= 0.3 is 0 Å². The second kappa shape index (κ2) is 9.17. The summed E-state index contributed by atoms with van der Waals surface area (Å²) in [6.45, 7) is 3.96. The lowest BCUT2D eigenvalue weighted by Crippen LogP contribution is -2.29. The monoisotopic (exact) mass is 496 g/mol. The molecule has 0 aliphatic carbocycles. The standard InChI is InChI=1S/C30H28N2O5/c1-17-10-12-20(14-18(17)2)32-27(22-16-31(3)23-9-7-6-8-21(22)23)26(29(34)30(32)35)28(33)19-11-13-24(36-4)25(15-19)37-5/h6-16,27,33H,1-5H3/b28-26+. The largest absolute Gasteiger partial charge is 0.507 e. The Hall–Kier alpha value is -4.52. The number of aliphatic hydroxyl groups is 1. The molecule has 1 aliphatic heterocycles. The number of rotatable bonds is 5. The van der Waals surface area contributed by atoms with Crippen LogP contribution in [0.4, 0.5) is 5.69 Å². The summed E-state index contributed by atoms with van der Waals surface area (Å²) in [5.74, 6) is -0.827. The Kier molecular flexibility index (Phi) is 5.99. The molecule has 1 aromatic heterocycles. The van der Waals surface area contributed by atoms with Crippen LogP contribution >= 0.6 is 0 Å². The van der Waals surface area contributed by atoms with Crippen molar-refractivity contribution in [2.45, 2.75) is 19.9 Å². The number of carbonyl (C=O) groups excluding carboxylic acids is 2. The fraction of sp³-hybridized carbons (Fsp3) is 0.200. The lowest BCUT2D eigenvalue weighted by atomic mass is 9.94. The van der Waals surface area contributed by atoms with Crippen molar-refractivity contribution in [1.82, 2.24) is 4.57 Å². The number of benzene rings is 3. The zero-order valence-electron chi connectivity index (χ0n) is 21.4. The predicted octanol–water partition coefficient (Wildman–Crippen LogP) is 5.44. The fourth-order valence-corrected chi connectivity index (χ4v) is 5.00. The summed E-state index contributed by atoms with van der Waals surface area (Å²) < 4.78 is 12.7. The van der Waals surface area contributed by atoms with Gasteiger partial charge in [0.05, 0.1) is 25.8 Å². The minimum atomic E-state index is -0.832. The molecule has 1 atom stereocenters. The van der Waals surface area contributed by atoms with Crippen LogP contribution < -0.4 is 14.4 Å². The number of fused-ring (bicyclic) bond motifs is 1. The van der Waals surface area contributed by atoms with Crippen molar-refractivity contribution in [2.75, 3.05) is 19.1 Å². The molecule has 4 aromatic rings. The number of aryl methyl sites for hydroxylation is 3. The van der Waals surface area contributed by atoms with Crippen LogP contribution in [0, 0.1) is 13.8 Å². The number of anilines is 1. The zero-order chi connectivity index (χ0) is 26.4. The SMILES string of the molecule is COc1ccc(/C(O)=C2\C(=O)C(=O)N(c3ccc(C)c(C)c3)C2c2cn(C)c3ccccc23)cc1OC. The number of aromatic nitrogens is 1. The maximum Gasteiger partial charge on any atom is 0.300 e. The Labute approximate surface area is 215 Å². The first-order chi connectivity index (χ1) is 17.8. The van der Waals surface area contributed by atoms with E-state index in [1.807, 2.05) is 74.1 Å². The molecule has 0 bridgehead atoms. The Balaban J connectivity index is 1.80. The van der Waals surface area contributed by atoms with Crippen LogP contribution in [-0.4, -0.2) is 35.6 Å². The number of amides is 1. The molecule has 5 rings (SSSR count). The van der Waals surface area contributed by atoms with Gasteiger partial charge in [-0.05, 0) is 61.4 Å². The first kappa shape index (κ1) is 24.2. The van der Waals surface area contributed by atoms with Crippen molar-refractivity contribution in [3.8, 4) is 11.5 Å². The van der Waals surface area contributed by atoms with Gasteiger partial charge in [0.2, 0.25) is 0 Å². The topological polar surface area (TPSA) is 81.0 Å². The van der Waals surface area contributed by atoms with E-state index >= 15 is 0 Å². The minimum Gasteiger partial charge on any atom is -0.507 e. The quantitative estimate of drug-likeness (QED) is 0.226. The number of nitrogens with zero attached hydrogens (tertiary/aromatic N) is 2. The highest BCUT2D eigenvalue weighted by molar-refractivity contribution is 6.52. The zero-order valence-corrected chi connectivity index (χ0v) is 21.4. The van der Waals surface area contributed by atoms with E-state index in [0.29, 0.717) is 22.7 Å². The summed E-state index contributed by atoms with van der Waals surface area (Å²) in [7, 11) is 4.94. The average molecular weight is 497 g/mol.